The summed E-state index contributed by atoms with van der Waals surface area (Å²) in [6.07, 6.45) is 2.98. The van der Waals surface area contributed by atoms with Gasteiger partial charge in [0.15, 0.2) is 0 Å². The van der Waals surface area contributed by atoms with Crippen LogP contribution in [0.3, 0.4) is 0 Å². The molecule has 1 atom stereocenters. The van der Waals surface area contributed by atoms with Crippen molar-refractivity contribution in [2.24, 2.45) is 0 Å². The molecular formula is C19H23ClN2O2S. The Morgan fingerprint density at radius 3 is 3.00 bits per heavy atom. The van der Waals surface area contributed by atoms with Crippen LogP contribution in [0.15, 0.2) is 41.8 Å². The van der Waals surface area contributed by atoms with Gasteiger partial charge in [0.2, 0.25) is 5.91 Å². The Balaban J connectivity index is 1.52. The van der Waals surface area contributed by atoms with Gasteiger partial charge in [-0.05, 0) is 42.5 Å². The molecule has 134 valence electrons. The van der Waals surface area contributed by atoms with Gasteiger partial charge in [0.05, 0.1) is 6.10 Å². The highest BCUT2D eigenvalue weighted by molar-refractivity contribution is 7.09. The minimum atomic E-state index is 0.00536. The number of anilines is 1. The van der Waals surface area contributed by atoms with E-state index in [1.165, 1.54) is 4.88 Å². The van der Waals surface area contributed by atoms with E-state index in [4.69, 9.17) is 16.3 Å². The lowest BCUT2D eigenvalue weighted by Crippen LogP contribution is -2.34. The van der Waals surface area contributed by atoms with Gasteiger partial charge in [-0.1, -0.05) is 23.7 Å². The molecule has 0 bridgehead atoms. The molecular weight excluding hydrogens is 356 g/mol. The second-order valence-electron chi connectivity index (χ2n) is 6.26. The fourth-order valence-electron chi connectivity index (χ4n) is 2.98. The van der Waals surface area contributed by atoms with Crippen molar-refractivity contribution in [3.05, 3.63) is 51.7 Å². The van der Waals surface area contributed by atoms with Crippen LogP contribution >= 0.6 is 22.9 Å². The van der Waals surface area contributed by atoms with E-state index in [9.17, 15) is 4.79 Å². The normalized spacial score (nSPS) is 17.1. The van der Waals surface area contributed by atoms with Gasteiger partial charge >= 0.3 is 0 Å². The van der Waals surface area contributed by atoms with Crippen molar-refractivity contribution in [1.29, 1.82) is 0 Å². The summed E-state index contributed by atoms with van der Waals surface area (Å²) in [5.41, 5.74) is 0.737. The van der Waals surface area contributed by atoms with E-state index in [-0.39, 0.29) is 12.0 Å². The predicted molar refractivity (Wildman–Crippen MR) is 103 cm³/mol. The van der Waals surface area contributed by atoms with E-state index in [1.807, 2.05) is 12.1 Å². The largest absolute Gasteiger partial charge is 0.377 e. The number of thiophene rings is 1. The Kier molecular flexibility index (Phi) is 6.87. The molecule has 6 heteroatoms. The molecule has 1 aliphatic heterocycles. The summed E-state index contributed by atoms with van der Waals surface area (Å²) in [4.78, 5) is 15.9. The zero-order valence-electron chi connectivity index (χ0n) is 14.1. The van der Waals surface area contributed by atoms with Crippen molar-refractivity contribution in [1.82, 2.24) is 4.90 Å². The van der Waals surface area contributed by atoms with Gasteiger partial charge in [-0.25, -0.2) is 0 Å². The lowest BCUT2D eigenvalue weighted by Gasteiger charge is -2.24. The zero-order chi connectivity index (χ0) is 17.5. The van der Waals surface area contributed by atoms with Crippen LogP contribution in [-0.4, -0.2) is 36.6 Å². The summed E-state index contributed by atoms with van der Waals surface area (Å²) >= 11 is 7.71. The first-order valence-corrected chi connectivity index (χ1v) is 9.86. The van der Waals surface area contributed by atoms with Crippen molar-refractivity contribution in [3.63, 3.8) is 0 Å². The number of hydrogen-bond donors (Lipinski definition) is 1. The monoisotopic (exact) mass is 378 g/mol. The fourth-order valence-corrected chi connectivity index (χ4v) is 3.92. The Bertz CT molecular complexity index is 672. The maximum Gasteiger partial charge on any atom is 0.225 e. The molecule has 0 aliphatic carbocycles. The van der Waals surface area contributed by atoms with E-state index < -0.39 is 0 Å². The van der Waals surface area contributed by atoms with Crippen molar-refractivity contribution in [2.75, 3.05) is 25.0 Å². The summed E-state index contributed by atoms with van der Waals surface area (Å²) in [6, 6.07) is 11.4. The first kappa shape index (κ1) is 18.4. The molecule has 1 fully saturated rings. The third-order valence-electron chi connectivity index (χ3n) is 4.21. The molecule has 0 saturated carbocycles. The van der Waals surface area contributed by atoms with E-state index in [0.29, 0.717) is 18.0 Å². The number of carbonyl (C=O) groups excluding carboxylic acids is 1. The number of benzene rings is 1. The van der Waals surface area contributed by atoms with E-state index >= 15 is 0 Å². The third kappa shape index (κ3) is 6.12. The topological polar surface area (TPSA) is 41.6 Å². The maximum atomic E-state index is 12.3. The van der Waals surface area contributed by atoms with Crippen LogP contribution in [0.4, 0.5) is 5.69 Å². The second kappa shape index (κ2) is 9.34. The van der Waals surface area contributed by atoms with Crippen molar-refractivity contribution < 1.29 is 9.53 Å². The van der Waals surface area contributed by atoms with Crippen LogP contribution in [0.1, 0.15) is 24.1 Å². The molecule has 1 aromatic carbocycles. The molecule has 1 unspecified atom stereocenters. The average molecular weight is 379 g/mol. The van der Waals surface area contributed by atoms with Gasteiger partial charge in [-0.3, -0.25) is 9.69 Å². The molecule has 1 amide bonds. The Labute approximate surface area is 157 Å². The van der Waals surface area contributed by atoms with Crippen LogP contribution in [0.25, 0.3) is 0 Å². The first-order chi connectivity index (χ1) is 12.2. The highest BCUT2D eigenvalue weighted by atomic mass is 35.5. The Morgan fingerprint density at radius 1 is 1.36 bits per heavy atom. The quantitative estimate of drug-likeness (QED) is 0.739. The van der Waals surface area contributed by atoms with Crippen molar-refractivity contribution in [2.45, 2.75) is 31.9 Å². The molecule has 0 radical (unpaired) electrons. The summed E-state index contributed by atoms with van der Waals surface area (Å²) in [5, 5.41) is 5.62. The summed E-state index contributed by atoms with van der Waals surface area (Å²) in [7, 11) is 0. The van der Waals surface area contributed by atoms with Gasteiger partial charge in [0, 0.05) is 48.2 Å². The Hall–Kier alpha value is -1.40. The van der Waals surface area contributed by atoms with Gasteiger partial charge < -0.3 is 10.1 Å². The molecule has 4 nitrogen and oxygen atoms in total. The Morgan fingerprint density at radius 2 is 2.28 bits per heavy atom. The highest BCUT2D eigenvalue weighted by Gasteiger charge is 2.20. The van der Waals surface area contributed by atoms with Gasteiger partial charge in [-0.2, -0.15) is 0 Å². The fraction of sp³-hybridized carbons (Fsp3) is 0.421. The number of carbonyl (C=O) groups is 1. The van der Waals surface area contributed by atoms with Gasteiger partial charge in [-0.15, -0.1) is 11.3 Å². The van der Waals surface area contributed by atoms with Crippen molar-refractivity contribution in [3.8, 4) is 0 Å². The van der Waals surface area contributed by atoms with Gasteiger partial charge in [0.1, 0.15) is 0 Å². The van der Waals surface area contributed by atoms with E-state index in [1.54, 1.807) is 23.5 Å². The third-order valence-corrected chi connectivity index (χ3v) is 5.31. The molecule has 2 heterocycles. The van der Waals surface area contributed by atoms with E-state index in [0.717, 1.165) is 38.2 Å². The van der Waals surface area contributed by atoms with Crippen LogP contribution in [0.5, 0.6) is 0 Å². The molecule has 1 aliphatic rings. The minimum absolute atomic E-state index is 0.00536. The number of rotatable bonds is 8. The van der Waals surface area contributed by atoms with E-state index in [2.05, 4.69) is 27.7 Å². The van der Waals surface area contributed by atoms with Crippen molar-refractivity contribution >= 4 is 34.5 Å². The molecule has 1 aromatic heterocycles. The molecule has 1 N–H and O–H groups in total. The summed E-state index contributed by atoms with van der Waals surface area (Å²) < 4.78 is 5.76. The SMILES string of the molecule is O=C(CCN(Cc1cccs1)CC1CCCO1)Nc1cccc(Cl)c1. The summed E-state index contributed by atoms with van der Waals surface area (Å²) in [6.45, 7) is 3.31. The highest BCUT2D eigenvalue weighted by Crippen LogP contribution is 2.18. The second-order valence-corrected chi connectivity index (χ2v) is 7.73. The molecule has 0 spiro atoms. The maximum absolute atomic E-state index is 12.3. The summed E-state index contributed by atoms with van der Waals surface area (Å²) in [5.74, 6) is 0.00536. The van der Waals surface area contributed by atoms with Crippen LogP contribution < -0.4 is 5.32 Å². The number of ether oxygens (including phenoxy) is 1. The standard InChI is InChI=1S/C19H23ClN2O2S/c20-15-4-1-5-16(12-15)21-19(23)8-9-22(13-17-6-2-10-24-17)14-18-7-3-11-25-18/h1,3-5,7,11-12,17H,2,6,8-10,13-14H2,(H,21,23). The van der Waals surface area contributed by atoms with Crippen LogP contribution in [0, 0.1) is 0 Å². The number of nitrogens with zero attached hydrogens (tertiary/aromatic N) is 1. The predicted octanol–water partition coefficient (Wildman–Crippen LogP) is 4.41. The van der Waals surface area contributed by atoms with Crippen LogP contribution in [0.2, 0.25) is 5.02 Å². The minimum Gasteiger partial charge on any atom is -0.377 e. The number of amides is 1. The zero-order valence-corrected chi connectivity index (χ0v) is 15.7. The smallest absolute Gasteiger partial charge is 0.225 e. The lowest BCUT2D eigenvalue weighted by atomic mass is 10.2. The molecule has 25 heavy (non-hydrogen) atoms. The number of hydrogen-bond acceptors (Lipinski definition) is 4. The lowest BCUT2D eigenvalue weighted by molar-refractivity contribution is -0.116. The molecule has 3 rings (SSSR count). The first-order valence-electron chi connectivity index (χ1n) is 8.61. The average Bonchev–Trinajstić information content (AvgIpc) is 3.26. The molecule has 2 aromatic rings. The number of halogens is 1. The molecule has 1 saturated heterocycles. The number of nitrogens with one attached hydrogen (secondary N) is 1. The van der Waals surface area contributed by atoms with Gasteiger partial charge in [0.25, 0.3) is 0 Å². The van der Waals surface area contributed by atoms with Crippen LogP contribution in [-0.2, 0) is 16.1 Å².